The average Bonchev–Trinajstić information content (AvgIpc) is 2.87. The van der Waals surface area contributed by atoms with Crippen LogP contribution >= 0.6 is 11.3 Å². The Morgan fingerprint density at radius 2 is 2.16 bits per heavy atom. The van der Waals surface area contributed by atoms with Crippen molar-refractivity contribution in [2.45, 2.75) is 19.8 Å². The SMILES string of the molecule is CCOC(=O)c1c(N)sc2c1-c1ccccc1C2C. The predicted octanol–water partition coefficient (Wildman–Crippen LogP) is 3.64. The second-order valence-electron chi connectivity index (χ2n) is 4.61. The first-order valence-corrected chi connectivity index (χ1v) is 7.15. The molecule has 0 radical (unpaired) electrons. The summed E-state index contributed by atoms with van der Waals surface area (Å²) in [6, 6.07) is 8.17. The second kappa shape index (κ2) is 4.38. The highest BCUT2D eigenvalue weighted by Crippen LogP contribution is 2.52. The molecular formula is C15H15NO2S. The average molecular weight is 273 g/mol. The third kappa shape index (κ3) is 1.67. The molecule has 1 atom stereocenters. The number of hydrogen-bond acceptors (Lipinski definition) is 4. The molecule has 0 aliphatic heterocycles. The Balaban J connectivity index is 2.23. The van der Waals surface area contributed by atoms with E-state index in [0.717, 1.165) is 11.1 Å². The number of carbonyl (C=O) groups is 1. The normalized spacial score (nSPS) is 16.0. The standard InChI is InChI=1S/C15H15NO2S/c1-3-18-15(17)12-11-10-7-5-4-6-9(10)8(2)13(11)19-14(12)16/h4-8H,3,16H2,1-2H3. The monoisotopic (exact) mass is 273 g/mol. The molecule has 1 aromatic carbocycles. The summed E-state index contributed by atoms with van der Waals surface area (Å²) in [7, 11) is 0. The van der Waals surface area contributed by atoms with Gasteiger partial charge in [-0.15, -0.1) is 11.3 Å². The van der Waals surface area contributed by atoms with Gasteiger partial charge >= 0.3 is 5.97 Å². The Labute approximate surface area is 116 Å². The lowest BCUT2D eigenvalue weighted by Crippen LogP contribution is -2.07. The summed E-state index contributed by atoms with van der Waals surface area (Å²) < 4.78 is 5.13. The fourth-order valence-electron chi connectivity index (χ4n) is 2.69. The molecule has 3 nitrogen and oxygen atoms in total. The third-order valence-corrected chi connectivity index (χ3v) is 4.73. The molecule has 0 saturated carbocycles. The Kier molecular flexibility index (Phi) is 2.82. The lowest BCUT2D eigenvalue weighted by Gasteiger charge is -2.06. The third-order valence-electron chi connectivity index (χ3n) is 3.53. The number of fused-ring (bicyclic) bond motifs is 3. The maximum absolute atomic E-state index is 12.1. The van der Waals surface area contributed by atoms with Crippen LogP contribution < -0.4 is 5.73 Å². The number of thiophene rings is 1. The summed E-state index contributed by atoms with van der Waals surface area (Å²) in [6.45, 7) is 4.31. The van der Waals surface area contributed by atoms with E-state index < -0.39 is 0 Å². The number of benzene rings is 1. The van der Waals surface area contributed by atoms with Crippen LogP contribution in [0.3, 0.4) is 0 Å². The van der Waals surface area contributed by atoms with Gasteiger partial charge in [0.05, 0.1) is 6.61 Å². The van der Waals surface area contributed by atoms with E-state index in [4.69, 9.17) is 10.5 Å². The molecule has 0 spiro atoms. The van der Waals surface area contributed by atoms with Crippen molar-refractivity contribution in [3.8, 4) is 11.1 Å². The topological polar surface area (TPSA) is 52.3 Å². The van der Waals surface area contributed by atoms with E-state index in [0.29, 0.717) is 23.1 Å². The van der Waals surface area contributed by atoms with Crippen LogP contribution in [0.15, 0.2) is 24.3 Å². The Morgan fingerprint density at radius 1 is 1.42 bits per heavy atom. The minimum absolute atomic E-state index is 0.293. The van der Waals surface area contributed by atoms with Crippen molar-refractivity contribution in [1.82, 2.24) is 0 Å². The number of esters is 1. The van der Waals surface area contributed by atoms with Gasteiger partial charge in [-0.3, -0.25) is 0 Å². The van der Waals surface area contributed by atoms with Crippen LogP contribution in [0.1, 0.15) is 40.6 Å². The van der Waals surface area contributed by atoms with Crippen molar-refractivity contribution >= 4 is 22.3 Å². The first kappa shape index (κ1) is 12.2. The van der Waals surface area contributed by atoms with Crippen LogP contribution in [0.2, 0.25) is 0 Å². The molecule has 1 heterocycles. The summed E-state index contributed by atoms with van der Waals surface area (Å²) in [5.74, 6) is -0.0249. The highest BCUT2D eigenvalue weighted by Gasteiger charge is 2.34. The number of ether oxygens (including phenoxy) is 1. The Bertz CT molecular complexity index is 660. The van der Waals surface area contributed by atoms with Crippen molar-refractivity contribution in [3.05, 3.63) is 40.3 Å². The molecule has 1 aromatic heterocycles. The maximum atomic E-state index is 12.1. The molecule has 2 aromatic rings. The summed E-state index contributed by atoms with van der Waals surface area (Å²) in [5, 5.41) is 0.560. The smallest absolute Gasteiger partial charge is 0.341 e. The van der Waals surface area contributed by atoms with E-state index in [1.54, 1.807) is 6.92 Å². The number of carbonyl (C=O) groups excluding carboxylic acids is 1. The molecule has 4 heteroatoms. The van der Waals surface area contributed by atoms with Gasteiger partial charge in [0, 0.05) is 16.4 Å². The van der Waals surface area contributed by atoms with Gasteiger partial charge in [-0.2, -0.15) is 0 Å². The molecule has 19 heavy (non-hydrogen) atoms. The minimum Gasteiger partial charge on any atom is -0.462 e. The molecular weight excluding hydrogens is 258 g/mol. The van der Waals surface area contributed by atoms with E-state index in [2.05, 4.69) is 13.0 Å². The van der Waals surface area contributed by atoms with Crippen molar-refractivity contribution in [2.75, 3.05) is 12.3 Å². The predicted molar refractivity (Wildman–Crippen MR) is 77.6 cm³/mol. The highest BCUT2D eigenvalue weighted by molar-refractivity contribution is 7.17. The van der Waals surface area contributed by atoms with Crippen LogP contribution in [0, 0.1) is 0 Å². The zero-order valence-corrected chi connectivity index (χ0v) is 11.7. The molecule has 0 fully saturated rings. The Morgan fingerprint density at radius 3 is 2.89 bits per heavy atom. The van der Waals surface area contributed by atoms with Crippen LogP contribution in [0.5, 0.6) is 0 Å². The number of rotatable bonds is 2. The highest BCUT2D eigenvalue weighted by atomic mass is 32.1. The van der Waals surface area contributed by atoms with E-state index >= 15 is 0 Å². The van der Waals surface area contributed by atoms with Gasteiger partial charge in [-0.1, -0.05) is 31.2 Å². The Hall–Kier alpha value is -1.81. The largest absolute Gasteiger partial charge is 0.462 e. The molecule has 1 unspecified atom stereocenters. The molecule has 0 bridgehead atoms. The second-order valence-corrected chi connectivity index (χ2v) is 5.69. The van der Waals surface area contributed by atoms with Crippen LogP contribution in [-0.4, -0.2) is 12.6 Å². The molecule has 1 aliphatic carbocycles. The van der Waals surface area contributed by atoms with Crippen LogP contribution in [-0.2, 0) is 4.74 Å². The lowest BCUT2D eigenvalue weighted by atomic mass is 10.0. The van der Waals surface area contributed by atoms with Crippen molar-refractivity contribution in [1.29, 1.82) is 0 Å². The molecule has 0 saturated heterocycles. The lowest BCUT2D eigenvalue weighted by molar-refractivity contribution is 0.0529. The molecule has 1 aliphatic rings. The van der Waals surface area contributed by atoms with Crippen LogP contribution in [0.4, 0.5) is 5.00 Å². The quantitative estimate of drug-likeness (QED) is 0.850. The molecule has 98 valence electrons. The van der Waals surface area contributed by atoms with Gasteiger partial charge < -0.3 is 10.5 Å². The van der Waals surface area contributed by atoms with E-state index in [1.165, 1.54) is 21.8 Å². The molecule has 2 N–H and O–H groups in total. The van der Waals surface area contributed by atoms with Gasteiger partial charge in [-0.25, -0.2) is 4.79 Å². The zero-order valence-electron chi connectivity index (χ0n) is 10.9. The summed E-state index contributed by atoms with van der Waals surface area (Å²) in [5.41, 5.74) is 9.91. The van der Waals surface area contributed by atoms with E-state index in [9.17, 15) is 4.79 Å². The number of nitrogens with two attached hydrogens (primary N) is 1. The van der Waals surface area contributed by atoms with Crippen molar-refractivity contribution < 1.29 is 9.53 Å². The van der Waals surface area contributed by atoms with Gasteiger partial charge in [-0.05, 0) is 18.1 Å². The van der Waals surface area contributed by atoms with Crippen molar-refractivity contribution in [3.63, 3.8) is 0 Å². The number of anilines is 1. The zero-order chi connectivity index (χ0) is 13.6. The first-order chi connectivity index (χ1) is 9.15. The summed E-state index contributed by atoms with van der Waals surface area (Å²) in [6.07, 6.45) is 0. The molecule has 0 amide bonds. The number of hydrogen-bond donors (Lipinski definition) is 1. The van der Waals surface area contributed by atoms with Crippen molar-refractivity contribution in [2.24, 2.45) is 0 Å². The van der Waals surface area contributed by atoms with Gasteiger partial charge in [0.15, 0.2) is 0 Å². The minimum atomic E-state index is -0.318. The summed E-state index contributed by atoms with van der Waals surface area (Å²) in [4.78, 5) is 13.3. The number of nitrogen functional groups attached to an aromatic ring is 1. The van der Waals surface area contributed by atoms with E-state index in [1.807, 2.05) is 18.2 Å². The van der Waals surface area contributed by atoms with Gasteiger partial charge in [0.2, 0.25) is 0 Å². The van der Waals surface area contributed by atoms with Crippen LogP contribution in [0.25, 0.3) is 11.1 Å². The summed E-state index contributed by atoms with van der Waals surface area (Å²) >= 11 is 1.50. The fourth-order valence-corrected chi connectivity index (χ4v) is 3.83. The fraction of sp³-hybridized carbons (Fsp3) is 0.267. The van der Waals surface area contributed by atoms with E-state index in [-0.39, 0.29) is 5.97 Å². The molecule has 3 rings (SSSR count). The van der Waals surface area contributed by atoms with Gasteiger partial charge in [0.25, 0.3) is 0 Å². The van der Waals surface area contributed by atoms with Gasteiger partial charge in [0.1, 0.15) is 10.6 Å². The first-order valence-electron chi connectivity index (χ1n) is 6.33. The maximum Gasteiger partial charge on any atom is 0.341 e.